The first-order chi connectivity index (χ1) is 13.7. The van der Waals surface area contributed by atoms with Crippen molar-refractivity contribution in [1.82, 2.24) is 20.2 Å². The lowest BCUT2D eigenvalue weighted by atomic mass is 9.94. The highest BCUT2D eigenvalue weighted by molar-refractivity contribution is 5.92. The molecule has 0 saturated heterocycles. The van der Waals surface area contributed by atoms with E-state index in [0.29, 0.717) is 23.8 Å². The average Bonchev–Trinajstić information content (AvgIpc) is 3.16. The number of anilines is 1. The molecule has 1 saturated carbocycles. The molecular weight excluding hydrogens is 358 g/mol. The van der Waals surface area contributed by atoms with Crippen LogP contribution in [-0.2, 0) is 9.53 Å². The van der Waals surface area contributed by atoms with E-state index in [0.717, 1.165) is 37.0 Å². The Kier molecular flexibility index (Phi) is 5.27. The van der Waals surface area contributed by atoms with E-state index in [9.17, 15) is 4.79 Å². The van der Waals surface area contributed by atoms with Crippen LogP contribution in [0.1, 0.15) is 57.6 Å². The van der Waals surface area contributed by atoms with Gasteiger partial charge < -0.3 is 14.8 Å². The van der Waals surface area contributed by atoms with Gasteiger partial charge >= 0.3 is 5.97 Å². The lowest BCUT2D eigenvalue weighted by molar-refractivity contribution is -0.146. The third-order valence-corrected chi connectivity index (χ3v) is 5.24. The fourth-order valence-corrected chi connectivity index (χ4v) is 3.92. The van der Waals surface area contributed by atoms with Crippen LogP contribution in [0.4, 0.5) is 5.95 Å². The number of aromatic nitrogens is 4. The van der Waals surface area contributed by atoms with Gasteiger partial charge in [-0.05, 0) is 67.7 Å². The molecule has 1 fully saturated rings. The number of carbonyl (C=O) groups excluding carboxylic acids is 1. The zero-order valence-electron chi connectivity index (χ0n) is 16.2. The van der Waals surface area contributed by atoms with Gasteiger partial charge in [0.1, 0.15) is 17.9 Å². The van der Waals surface area contributed by atoms with Crippen molar-refractivity contribution in [1.29, 1.82) is 0 Å². The van der Waals surface area contributed by atoms with Gasteiger partial charge in [0, 0.05) is 5.70 Å². The second-order valence-electron chi connectivity index (χ2n) is 7.18. The summed E-state index contributed by atoms with van der Waals surface area (Å²) < 4.78 is 13.1. The number of carbonyl (C=O) groups is 1. The molecule has 0 amide bonds. The van der Waals surface area contributed by atoms with Crippen molar-refractivity contribution in [3.05, 3.63) is 41.1 Å². The van der Waals surface area contributed by atoms with Crippen molar-refractivity contribution in [2.45, 2.75) is 58.1 Å². The Bertz CT molecular complexity index is 885. The highest BCUT2D eigenvalue weighted by atomic mass is 16.5. The predicted molar refractivity (Wildman–Crippen MR) is 103 cm³/mol. The van der Waals surface area contributed by atoms with Crippen LogP contribution in [0, 0.1) is 0 Å². The Hall–Kier alpha value is -2.90. The van der Waals surface area contributed by atoms with Gasteiger partial charge in [-0.15, -0.1) is 0 Å². The highest BCUT2D eigenvalue weighted by Crippen LogP contribution is 2.36. The second kappa shape index (κ2) is 8.00. The molecule has 2 aromatic rings. The standard InChI is InChI=1S/C20H25N5O3/c1-3-27-16-11-7-8-14(12-16)18-17(13(2)21-20-22-23-24-25(18)20)19(26)28-15-9-5-4-6-10-15/h7-8,11-12,15,18H,3-6,9-10H2,1-2H3,(H,21,22,24). The van der Waals surface area contributed by atoms with E-state index in [1.165, 1.54) is 6.42 Å². The number of nitrogens with one attached hydrogen (secondary N) is 1. The molecule has 0 radical (unpaired) electrons. The summed E-state index contributed by atoms with van der Waals surface area (Å²) in [5, 5.41) is 15.0. The first-order valence-corrected chi connectivity index (χ1v) is 9.86. The quantitative estimate of drug-likeness (QED) is 0.793. The number of hydrogen-bond donors (Lipinski definition) is 1. The maximum absolute atomic E-state index is 13.2. The van der Waals surface area contributed by atoms with Crippen LogP contribution in [0.5, 0.6) is 5.75 Å². The summed E-state index contributed by atoms with van der Waals surface area (Å²) in [5.74, 6) is 0.925. The molecule has 1 aromatic carbocycles. The van der Waals surface area contributed by atoms with Crippen LogP contribution in [0.3, 0.4) is 0 Å². The fraction of sp³-hybridized carbons (Fsp3) is 0.500. The van der Waals surface area contributed by atoms with Gasteiger partial charge in [-0.1, -0.05) is 23.7 Å². The zero-order chi connectivity index (χ0) is 19.5. The van der Waals surface area contributed by atoms with Gasteiger partial charge in [0.25, 0.3) is 0 Å². The number of ether oxygens (including phenoxy) is 2. The molecule has 1 aliphatic heterocycles. The van der Waals surface area contributed by atoms with Gasteiger partial charge in [-0.2, -0.15) is 4.68 Å². The van der Waals surface area contributed by atoms with Gasteiger partial charge in [0.2, 0.25) is 5.95 Å². The molecule has 1 unspecified atom stereocenters. The fourth-order valence-electron chi connectivity index (χ4n) is 3.92. The summed E-state index contributed by atoms with van der Waals surface area (Å²) in [6.07, 6.45) is 5.24. The average molecular weight is 383 g/mol. The SMILES string of the molecule is CCOc1cccc(C2C(C(=O)OC3CCCCC3)=C(C)Nc3nnnn32)c1. The van der Waals surface area contributed by atoms with Crippen LogP contribution >= 0.6 is 0 Å². The Balaban J connectivity index is 1.70. The number of allylic oxidation sites excluding steroid dienone is 1. The minimum absolute atomic E-state index is 0.0211. The Labute approximate surface area is 163 Å². The molecule has 0 spiro atoms. The van der Waals surface area contributed by atoms with E-state index in [2.05, 4.69) is 20.8 Å². The van der Waals surface area contributed by atoms with E-state index < -0.39 is 6.04 Å². The second-order valence-corrected chi connectivity index (χ2v) is 7.18. The largest absolute Gasteiger partial charge is 0.494 e. The van der Waals surface area contributed by atoms with E-state index >= 15 is 0 Å². The van der Waals surface area contributed by atoms with Crippen molar-refractivity contribution in [2.24, 2.45) is 0 Å². The maximum Gasteiger partial charge on any atom is 0.338 e. The molecule has 8 heteroatoms. The number of tetrazole rings is 1. The Morgan fingerprint density at radius 2 is 2.11 bits per heavy atom. The Morgan fingerprint density at radius 1 is 1.29 bits per heavy atom. The summed E-state index contributed by atoms with van der Waals surface area (Å²) in [6.45, 7) is 4.36. The first-order valence-electron chi connectivity index (χ1n) is 9.86. The van der Waals surface area contributed by atoms with E-state index in [4.69, 9.17) is 9.47 Å². The van der Waals surface area contributed by atoms with Crippen LogP contribution in [0.15, 0.2) is 35.5 Å². The third-order valence-electron chi connectivity index (χ3n) is 5.24. The number of esters is 1. The van der Waals surface area contributed by atoms with E-state index in [-0.39, 0.29) is 12.1 Å². The number of hydrogen-bond acceptors (Lipinski definition) is 7. The van der Waals surface area contributed by atoms with Crippen molar-refractivity contribution >= 4 is 11.9 Å². The lowest BCUT2D eigenvalue weighted by Crippen LogP contribution is -2.32. The van der Waals surface area contributed by atoms with E-state index in [1.54, 1.807) is 4.68 Å². The lowest BCUT2D eigenvalue weighted by Gasteiger charge is -2.29. The zero-order valence-corrected chi connectivity index (χ0v) is 16.2. The monoisotopic (exact) mass is 383 g/mol. The molecule has 1 N–H and O–H groups in total. The number of benzene rings is 1. The molecule has 0 bridgehead atoms. The first kappa shape index (κ1) is 18.5. The summed E-state index contributed by atoms with van der Waals surface area (Å²) in [4.78, 5) is 13.2. The number of rotatable bonds is 5. The maximum atomic E-state index is 13.2. The normalized spacial score (nSPS) is 19.7. The van der Waals surface area contributed by atoms with Crippen LogP contribution in [0.2, 0.25) is 0 Å². The third kappa shape index (κ3) is 3.58. The molecule has 2 heterocycles. The van der Waals surface area contributed by atoms with Crippen LogP contribution in [0.25, 0.3) is 0 Å². The predicted octanol–water partition coefficient (Wildman–Crippen LogP) is 3.24. The topological polar surface area (TPSA) is 91.2 Å². The van der Waals surface area contributed by atoms with Crippen molar-refractivity contribution in [3.8, 4) is 5.75 Å². The highest BCUT2D eigenvalue weighted by Gasteiger charge is 2.36. The van der Waals surface area contributed by atoms with Gasteiger partial charge in [-0.25, -0.2) is 4.79 Å². The molecule has 1 atom stereocenters. The summed E-state index contributed by atoms with van der Waals surface area (Å²) in [6, 6.07) is 7.21. The molecule has 28 heavy (non-hydrogen) atoms. The minimum atomic E-state index is -0.470. The molecule has 1 aromatic heterocycles. The van der Waals surface area contributed by atoms with Gasteiger partial charge in [0.05, 0.1) is 12.2 Å². The van der Waals surface area contributed by atoms with Crippen molar-refractivity contribution in [3.63, 3.8) is 0 Å². The molecule has 8 nitrogen and oxygen atoms in total. The Morgan fingerprint density at radius 3 is 2.89 bits per heavy atom. The van der Waals surface area contributed by atoms with Crippen molar-refractivity contribution in [2.75, 3.05) is 11.9 Å². The van der Waals surface area contributed by atoms with Crippen LogP contribution < -0.4 is 10.1 Å². The van der Waals surface area contributed by atoms with Gasteiger partial charge in [-0.3, -0.25) is 0 Å². The minimum Gasteiger partial charge on any atom is -0.494 e. The number of nitrogens with zero attached hydrogens (tertiary/aromatic N) is 4. The molecule has 2 aliphatic rings. The summed E-state index contributed by atoms with van der Waals surface area (Å²) in [7, 11) is 0. The van der Waals surface area contributed by atoms with Gasteiger partial charge in [0.15, 0.2) is 0 Å². The van der Waals surface area contributed by atoms with Crippen molar-refractivity contribution < 1.29 is 14.3 Å². The van der Waals surface area contributed by atoms with Crippen LogP contribution in [-0.4, -0.2) is 38.9 Å². The molecule has 1 aliphatic carbocycles. The number of fused-ring (bicyclic) bond motifs is 1. The summed E-state index contributed by atoms with van der Waals surface area (Å²) >= 11 is 0. The molecular formula is C20H25N5O3. The summed E-state index contributed by atoms with van der Waals surface area (Å²) in [5.41, 5.74) is 2.10. The molecule has 148 valence electrons. The smallest absolute Gasteiger partial charge is 0.338 e. The van der Waals surface area contributed by atoms with E-state index in [1.807, 2.05) is 38.1 Å². The molecule has 4 rings (SSSR count).